The first-order valence-electron chi connectivity index (χ1n) is 7.70. The number of amides is 1. The molecule has 0 aliphatic carbocycles. The van der Waals surface area contributed by atoms with Crippen molar-refractivity contribution < 1.29 is 9.32 Å². The number of aromatic nitrogens is 1. The van der Waals surface area contributed by atoms with Crippen molar-refractivity contribution in [3.8, 4) is 0 Å². The molecule has 5 nitrogen and oxygen atoms in total. The highest BCUT2D eigenvalue weighted by Crippen LogP contribution is 2.22. The third-order valence-corrected chi connectivity index (χ3v) is 4.11. The first-order valence-corrected chi connectivity index (χ1v) is 7.70. The van der Waals surface area contributed by atoms with Gasteiger partial charge in [0.25, 0.3) is 5.91 Å². The number of hydrogen-bond acceptors (Lipinski definition) is 4. The topological polar surface area (TPSA) is 67.2 Å². The molecule has 1 aliphatic rings. The smallest absolute Gasteiger partial charge is 0.289 e. The molecule has 1 fully saturated rings. The number of carbonyl (C=O) groups is 1. The van der Waals surface area contributed by atoms with E-state index in [0.717, 1.165) is 31.6 Å². The monoisotopic (exact) mass is 279 g/mol. The van der Waals surface area contributed by atoms with Crippen molar-refractivity contribution in [1.82, 2.24) is 15.8 Å². The van der Waals surface area contributed by atoms with Gasteiger partial charge in [0.2, 0.25) is 5.76 Å². The second kappa shape index (κ2) is 7.43. The summed E-state index contributed by atoms with van der Waals surface area (Å²) in [6.45, 7) is 7.02. The average Bonchev–Trinajstić information content (AvgIpc) is 2.97. The molecule has 0 bridgehead atoms. The van der Waals surface area contributed by atoms with Gasteiger partial charge in [-0.1, -0.05) is 19.0 Å². The number of carbonyl (C=O) groups excluding carboxylic acids is 1. The van der Waals surface area contributed by atoms with Gasteiger partial charge in [-0.05, 0) is 44.7 Å². The van der Waals surface area contributed by atoms with Crippen LogP contribution in [-0.4, -0.2) is 30.7 Å². The minimum absolute atomic E-state index is 0.153. The molecule has 1 unspecified atom stereocenters. The first-order chi connectivity index (χ1) is 9.74. The van der Waals surface area contributed by atoms with Gasteiger partial charge >= 0.3 is 0 Å². The summed E-state index contributed by atoms with van der Waals surface area (Å²) in [5.74, 6) is 1.08. The maximum absolute atomic E-state index is 12.0. The van der Waals surface area contributed by atoms with Crippen molar-refractivity contribution in [2.75, 3.05) is 19.6 Å². The zero-order chi connectivity index (χ0) is 14.4. The molecular formula is C15H25N3O2. The highest BCUT2D eigenvalue weighted by molar-refractivity contribution is 5.91. The van der Waals surface area contributed by atoms with E-state index in [0.29, 0.717) is 24.1 Å². The van der Waals surface area contributed by atoms with E-state index in [9.17, 15) is 4.79 Å². The summed E-state index contributed by atoms with van der Waals surface area (Å²) in [5, 5.41) is 10.3. The molecule has 0 aromatic carbocycles. The van der Waals surface area contributed by atoms with Crippen LogP contribution in [0.4, 0.5) is 0 Å². The van der Waals surface area contributed by atoms with Gasteiger partial charge in [-0.3, -0.25) is 4.79 Å². The van der Waals surface area contributed by atoms with Crippen molar-refractivity contribution in [1.29, 1.82) is 0 Å². The second-order valence-corrected chi connectivity index (χ2v) is 5.55. The number of hydrogen-bond donors (Lipinski definition) is 2. The van der Waals surface area contributed by atoms with Crippen LogP contribution in [0.5, 0.6) is 0 Å². The largest absolute Gasteiger partial charge is 0.351 e. The van der Waals surface area contributed by atoms with E-state index >= 15 is 0 Å². The lowest BCUT2D eigenvalue weighted by Crippen LogP contribution is -2.38. The molecule has 1 aromatic rings. The average molecular weight is 279 g/mol. The van der Waals surface area contributed by atoms with E-state index in [-0.39, 0.29) is 5.91 Å². The summed E-state index contributed by atoms with van der Waals surface area (Å²) in [4.78, 5) is 12.0. The fraction of sp³-hybridized carbons (Fsp3) is 0.733. The minimum Gasteiger partial charge on any atom is -0.351 e. The predicted molar refractivity (Wildman–Crippen MR) is 77.8 cm³/mol. The molecule has 0 spiro atoms. The molecule has 1 atom stereocenters. The Morgan fingerprint density at radius 3 is 3.00 bits per heavy atom. The van der Waals surface area contributed by atoms with Crippen molar-refractivity contribution in [3.63, 3.8) is 0 Å². The number of rotatable bonds is 6. The molecule has 5 heteroatoms. The van der Waals surface area contributed by atoms with Crippen LogP contribution in [0.2, 0.25) is 0 Å². The van der Waals surface area contributed by atoms with Crippen LogP contribution < -0.4 is 10.6 Å². The van der Waals surface area contributed by atoms with Gasteiger partial charge in [-0.2, -0.15) is 0 Å². The van der Waals surface area contributed by atoms with E-state index in [1.54, 1.807) is 6.07 Å². The van der Waals surface area contributed by atoms with Crippen LogP contribution in [-0.2, 0) is 0 Å². The lowest BCUT2D eigenvalue weighted by molar-refractivity contribution is 0.0907. The Hall–Kier alpha value is -1.36. The van der Waals surface area contributed by atoms with E-state index in [2.05, 4.69) is 29.6 Å². The molecule has 112 valence electrons. The molecule has 0 radical (unpaired) electrons. The van der Waals surface area contributed by atoms with E-state index in [4.69, 9.17) is 4.52 Å². The first kappa shape index (κ1) is 15.0. The number of piperidine rings is 1. The van der Waals surface area contributed by atoms with E-state index in [1.165, 1.54) is 12.8 Å². The minimum atomic E-state index is -0.153. The molecular weight excluding hydrogens is 254 g/mol. The van der Waals surface area contributed by atoms with Crippen molar-refractivity contribution in [2.45, 2.75) is 45.4 Å². The third kappa shape index (κ3) is 3.82. The lowest BCUT2D eigenvalue weighted by Gasteiger charge is -2.22. The SMILES string of the molecule is CCC(CC)c1cc(C(=O)NCC2CCCNC2)on1. The summed E-state index contributed by atoms with van der Waals surface area (Å²) >= 11 is 0. The Balaban J connectivity index is 1.85. The van der Waals surface area contributed by atoms with E-state index < -0.39 is 0 Å². The summed E-state index contributed by atoms with van der Waals surface area (Å²) in [6.07, 6.45) is 4.38. The molecule has 1 saturated heterocycles. The van der Waals surface area contributed by atoms with Gasteiger partial charge in [0.05, 0.1) is 5.69 Å². The Morgan fingerprint density at radius 2 is 2.35 bits per heavy atom. The van der Waals surface area contributed by atoms with Crippen LogP contribution >= 0.6 is 0 Å². The van der Waals surface area contributed by atoms with Crippen LogP contribution in [0.1, 0.15) is 61.7 Å². The molecule has 2 rings (SSSR count). The maximum atomic E-state index is 12.0. The highest BCUT2D eigenvalue weighted by atomic mass is 16.5. The lowest BCUT2D eigenvalue weighted by atomic mass is 9.99. The maximum Gasteiger partial charge on any atom is 0.289 e. The quantitative estimate of drug-likeness (QED) is 0.838. The molecule has 2 heterocycles. The molecule has 20 heavy (non-hydrogen) atoms. The van der Waals surface area contributed by atoms with Gasteiger partial charge in [0.1, 0.15) is 0 Å². The highest BCUT2D eigenvalue weighted by Gasteiger charge is 2.19. The Labute approximate surface area is 120 Å². The number of nitrogens with zero attached hydrogens (tertiary/aromatic N) is 1. The Morgan fingerprint density at radius 1 is 1.55 bits per heavy atom. The molecule has 1 aromatic heterocycles. The van der Waals surface area contributed by atoms with Crippen molar-refractivity contribution in [3.05, 3.63) is 17.5 Å². The van der Waals surface area contributed by atoms with Gasteiger partial charge in [-0.25, -0.2) is 0 Å². The summed E-state index contributed by atoms with van der Waals surface area (Å²) in [7, 11) is 0. The van der Waals surface area contributed by atoms with Crippen molar-refractivity contribution in [2.24, 2.45) is 5.92 Å². The Bertz CT molecular complexity index is 421. The van der Waals surface area contributed by atoms with Gasteiger partial charge in [0, 0.05) is 18.5 Å². The van der Waals surface area contributed by atoms with Crippen LogP contribution in [0.3, 0.4) is 0 Å². The van der Waals surface area contributed by atoms with E-state index in [1.807, 2.05) is 0 Å². The third-order valence-electron chi connectivity index (χ3n) is 4.11. The standard InChI is InChI=1S/C15H25N3O2/c1-3-12(4-2)13-8-14(20-18-13)15(19)17-10-11-6-5-7-16-9-11/h8,11-12,16H,3-7,9-10H2,1-2H3,(H,17,19). The fourth-order valence-corrected chi connectivity index (χ4v) is 2.72. The van der Waals surface area contributed by atoms with Crippen LogP contribution in [0.15, 0.2) is 10.6 Å². The molecule has 0 saturated carbocycles. The van der Waals surface area contributed by atoms with Crippen molar-refractivity contribution >= 4 is 5.91 Å². The van der Waals surface area contributed by atoms with Gasteiger partial charge in [0.15, 0.2) is 0 Å². The molecule has 2 N–H and O–H groups in total. The summed E-state index contributed by atoms with van der Waals surface area (Å²) in [6, 6.07) is 1.78. The predicted octanol–water partition coefficient (Wildman–Crippen LogP) is 2.31. The summed E-state index contributed by atoms with van der Waals surface area (Å²) in [5.41, 5.74) is 0.888. The van der Waals surface area contributed by atoms with Crippen LogP contribution in [0.25, 0.3) is 0 Å². The number of nitrogens with one attached hydrogen (secondary N) is 2. The summed E-state index contributed by atoms with van der Waals surface area (Å²) < 4.78 is 5.17. The zero-order valence-corrected chi connectivity index (χ0v) is 12.4. The second-order valence-electron chi connectivity index (χ2n) is 5.55. The zero-order valence-electron chi connectivity index (χ0n) is 12.4. The fourth-order valence-electron chi connectivity index (χ4n) is 2.72. The van der Waals surface area contributed by atoms with Gasteiger partial charge < -0.3 is 15.2 Å². The molecule has 1 aliphatic heterocycles. The van der Waals surface area contributed by atoms with Crippen LogP contribution in [0, 0.1) is 5.92 Å². The van der Waals surface area contributed by atoms with Gasteiger partial charge in [-0.15, -0.1) is 0 Å². The molecule has 1 amide bonds. The normalized spacial score (nSPS) is 19.2. The Kier molecular flexibility index (Phi) is 5.59.